The number of nitrogens with one attached hydrogen (secondary N) is 1. The second kappa shape index (κ2) is 10.3. The van der Waals surface area contributed by atoms with E-state index in [4.69, 9.17) is 4.74 Å². The molecule has 32 heavy (non-hydrogen) atoms. The van der Waals surface area contributed by atoms with Crippen molar-refractivity contribution in [2.45, 2.75) is 0 Å². The number of allylic oxidation sites excluding steroid dienone is 1. The van der Waals surface area contributed by atoms with Gasteiger partial charge in [-0.15, -0.1) is 0 Å². The fourth-order valence-electron chi connectivity index (χ4n) is 2.71. The highest BCUT2D eigenvalue weighted by Crippen LogP contribution is 2.28. The molecule has 0 aliphatic rings. The van der Waals surface area contributed by atoms with E-state index in [1.54, 1.807) is 24.3 Å². The minimum atomic E-state index is -0.505. The van der Waals surface area contributed by atoms with Crippen LogP contribution in [-0.2, 0) is 4.79 Å². The molecule has 0 fully saturated rings. The molecular formula is C23H15BrFN3O4. The second-order valence-corrected chi connectivity index (χ2v) is 7.36. The first-order valence-electron chi connectivity index (χ1n) is 9.20. The van der Waals surface area contributed by atoms with Crippen molar-refractivity contribution in [3.63, 3.8) is 0 Å². The van der Waals surface area contributed by atoms with Gasteiger partial charge in [-0.2, -0.15) is 5.26 Å². The lowest BCUT2D eigenvalue weighted by molar-refractivity contribution is -0.384. The molecule has 9 heteroatoms. The number of carbonyl (C=O) groups excluding carboxylic acids is 1. The van der Waals surface area contributed by atoms with Crippen LogP contribution in [0.25, 0.3) is 11.6 Å². The molecule has 0 aliphatic heterocycles. The van der Waals surface area contributed by atoms with Crippen LogP contribution in [0, 0.1) is 27.3 Å². The monoisotopic (exact) mass is 495 g/mol. The van der Waals surface area contributed by atoms with Crippen molar-refractivity contribution >= 4 is 44.9 Å². The van der Waals surface area contributed by atoms with Crippen LogP contribution in [0.1, 0.15) is 11.1 Å². The highest BCUT2D eigenvalue weighted by molar-refractivity contribution is 9.10. The highest BCUT2D eigenvalue weighted by Gasteiger charge is 2.09. The molecule has 3 aromatic carbocycles. The topological polar surface area (TPSA) is 105 Å². The minimum Gasteiger partial charge on any atom is -0.483 e. The molecule has 0 heterocycles. The smallest absolute Gasteiger partial charge is 0.269 e. The summed E-state index contributed by atoms with van der Waals surface area (Å²) in [6.07, 6.45) is 1.64. The zero-order chi connectivity index (χ0) is 23.1. The first kappa shape index (κ1) is 22.7. The maximum absolute atomic E-state index is 12.9. The standard InChI is InChI=1S/C23H15BrFN3O4/c24-21-12-15(11-17(13-26)16-2-8-20(9-3-16)28(30)31)1-10-22(21)32-14-23(29)27-19-6-4-18(25)5-7-19/h1-12H,14H2,(H,27,29)/b17-11-. The fraction of sp³-hybridized carbons (Fsp3) is 0.0435. The number of ether oxygens (including phenoxy) is 1. The van der Waals surface area contributed by atoms with Crippen molar-refractivity contribution in [3.8, 4) is 11.8 Å². The third-order valence-corrected chi connectivity index (χ3v) is 4.88. The molecular weight excluding hydrogens is 481 g/mol. The molecule has 0 radical (unpaired) electrons. The molecule has 7 nitrogen and oxygen atoms in total. The quantitative estimate of drug-likeness (QED) is 0.199. The number of non-ortho nitro benzene ring substituents is 1. The van der Waals surface area contributed by atoms with Gasteiger partial charge in [0.25, 0.3) is 11.6 Å². The number of halogens is 2. The zero-order valence-corrected chi connectivity index (χ0v) is 18.0. The lowest BCUT2D eigenvalue weighted by Crippen LogP contribution is -2.20. The van der Waals surface area contributed by atoms with Crippen LogP contribution in [0.2, 0.25) is 0 Å². The number of anilines is 1. The van der Waals surface area contributed by atoms with E-state index < -0.39 is 16.6 Å². The number of hydrogen-bond donors (Lipinski definition) is 1. The maximum Gasteiger partial charge on any atom is 0.269 e. The average molecular weight is 496 g/mol. The average Bonchev–Trinajstić information content (AvgIpc) is 2.78. The predicted molar refractivity (Wildman–Crippen MR) is 121 cm³/mol. The fourth-order valence-corrected chi connectivity index (χ4v) is 3.22. The van der Waals surface area contributed by atoms with Crippen LogP contribution >= 0.6 is 15.9 Å². The van der Waals surface area contributed by atoms with Gasteiger partial charge in [0.2, 0.25) is 0 Å². The third kappa shape index (κ3) is 6.00. The molecule has 1 amide bonds. The summed E-state index contributed by atoms with van der Waals surface area (Å²) in [6, 6.07) is 18.2. The Morgan fingerprint density at radius 2 is 1.84 bits per heavy atom. The van der Waals surface area contributed by atoms with Crippen molar-refractivity contribution in [1.29, 1.82) is 5.26 Å². The summed E-state index contributed by atoms with van der Waals surface area (Å²) >= 11 is 3.38. The highest BCUT2D eigenvalue weighted by atomic mass is 79.9. The Bertz CT molecular complexity index is 1220. The lowest BCUT2D eigenvalue weighted by Gasteiger charge is -2.10. The number of hydrogen-bond acceptors (Lipinski definition) is 5. The van der Waals surface area contributed by atoms with Gasteiger partial charge in [0, 0.05) is 17.8 Å². The van der Waals surface area contributed by atoms with Gasteiger partial charge in [0.1, 0.15) is 11.6 Å². The van der Waals surface area contributed by atoms with Gasteiger partial charge < -0.3 is 10.1 Å². The van der Waals surface area contributed by atoms with E-state index in [-0.39, 0.29) is 12.3 Å². The van der Waals surface area contributed by atoms with E-state index in [0.717, 1.165) is 0 Å². The molecule has 0 saturated heterocycles. The van der Waals surface area contributed by atoms with Gasteiger partial charge in [-0.3, -0.25) is 14.9 Å². The second-order valence-electron chi connectivity index (χ2n) is 6.51. The maximum atomic E-state index is 12.9. The SMILES string of the molecule is N#C/C(=C/c1ccc(OCC(=O)Nc2ccc(F)cc2)c(Br)c1)c1ccc([N+](=O)[O-])cc1. The third-order valence-electron chi connectivity index (χ3n) is 4.26. The molecule has 0 aliphatic carbocycles. The van der Waals surface area contributed by atoms with Gasteiger partial charge in [-0.25, -0.2) is 4.39 Å². The molecule has 0 aromatic heterocycles. The number of carbonyl (C=O) groups is 1. The van der Waals surface area contributed by atoms with Crippen molar-refractivity contribution in [2.75, 3.05) is 11.9 Å². The van der Waals surface area contributed by atoms with Crippen LogP contribution < -0.4 is 10.1 Å². The summed E-state index contributed by atoms with van der Waals surface area (Å²) in [4.78, 5) is 22.3. The Balaban J connectivity index is 1.67. The number of benzene rings is 3. The summed E-state index contributed by atoms with van der Waals surface area (Å²) in [6.45, 7) is -0.253. The molecule has 0 unspecified atom stereocenters. The summed E-state index contributed by atoms with van der Waals surface area (Å²) in [7, 11) is 0. The number of nitro benzene ring substituents is 1. The summed E-state index contributed by atoms with van der Waals surface area (Å²) in [5.74, 6) is -0.381. The summed E-state index contributed by atoms with van der Waals surface area (Å²) in [5, 5.41) is 22.9. The Kier molecular flexibility index (Phi) is 7.31. The van der Waals surface area contributed by atoms with Gasteiger partial charge in [0.15, 0.2) is 6.61 Å². The Labute approximate surface area is 191 Å². The Morgan fingerprint density at radius 1 is 1.16 bits per heavy atom. The van der Waals surface area contributed by atoms with Crippen LogP contribution in [-0.4, -0.2) is 17.4 Å². The van der Waals surface area contributed by atoms with E-state index in [0.29, 0.717) is 32.6 Å². The zero-order valence-electron chi connectivity index (χ0n) is 16.4. The number of rotatable bonds is 7. The molecule has 3 rings (SSSR count). The number of nitriles is 1. The van der Waals surface area contributed by atoms with Crippen molar-refractivity contribution in [2.24, 2.45) is 0 Å². The molecule has 160 valence electrons. The van der Waals surface area contributed by atoms with Gasteiger partial charge in [-0.1, -0.05) is 6.07 Å². The largest absolute Gasteiger partial charge is 0.483 e. The number of amides is 1. The van der Waals surface area contributed by atoms with E-state index in [1.165, 1.54) is 48.5 Å². The van der Waals surface area contributed by atoms with E-state index in [2.05, 4.69) is 27.3 Å². The Morgan fingerprint density at radius 3 is 2.44 bits per heavy atom. The van der Waals surface area contributed by atoms with Crippen LogP contribution in [0.15, 0.2) is 71.2 Å². The molecule has 3 aromatic rings. The van der Waals surface area contributed by atoms with Crippen LogP contribution in [0.4, 0.5) is 15.8 Å². The molecule has 1 N–H and O–H groups in total. The predicted octanol–water partition coefficient (Wildman–Crippen LogP) is 5.58. The first-order chi connectivity index (χ1) is 15.4. The Hall–Kier alpha value is -4.03. The molecule has 0 bridgehead atoms. The van der Waals surface area contributed by atoms with Crippen LogP contribution in [0.3, 0.4) is 0 Å². The number of nitro groups is 1. The molecule has 0 saturated carbocycles. The van der Waals surface area contributed by atoms with E-state index in [9.17, 15) is 24.6 Å². The van der Waals surface area contributed by atoms with E-state index in [1.807, 2.05) is 0 Å². The van der Waals surface area contributed by atoms with Gasteiger partial charge >= 0.3 is 0 Å². The lowest BCUT2D eigenvalue weighted by atomic mass is 10.0. The van der Waals surface area contributed by atoms with E-state index >= 15 is 0 Å². The minimum absolute atomic E-state index is 0.0567. The summed E-state index contributed by atoms with van der Waals surface area (Å²) < 4.78 is 19.0. The van der Waals surface area contributed by atoms with Crippen molar-refractivity contribution in [1.82, 2.24) is 0 Å². The van der Waals surface area contributed by atoms with Crippen LogP contribution in [0.5, 0.6) is 5.75 Å². The van der Waals surface area contributed by atoms with Gasteiger partial charge in [-0.05, 0) is 81.7 Å². The molecule has 0 spiro atoms. The molecule has 0 atom stereocenters. The number of nitrogens with zero attached hydrogens (tertiary/aromatic N) is 2. The van der Waals surface area contributed by atoms with Crippen molar-refractivity contribution in [3.05, 3.63) is 98.3 Å². The summed E-state index contributed by atoms with van der Waals surface area (Å²) in [5.41, 5.74) is 1.97. The normalized spacial score (nSPS) is 10.8. The van der Waals surface area contributed by atoms with Gasteiger partial charge in [0.05, 0.1) is 21.0 Å². The van der Waals surface area contributed by atoms with Crippen molar-refractivity contribution < 1.29 is 18.8 Å². The first-order valence-corrected chi connectivity index (χ1v) is 9.99.